The molecule has 1 amide bonds. The number of carbonyl (C=O) groups is 1. The van der Waals surface area contributed by atoms with E-state index in [4.69, 9.17) is 11.6 Å². The van der Waals surface area contributed by atoms with E-state index in [1.54, 1.807) is 36.4 Å². The van der Waals surface area contributed by atoms with Gasteiger partial charge >= 0.3 is 0 Å². The molecule has 0 atom stereocenters. The lowest BCUT2D eigenvalue weighted by atomic mass is 10.1. The normalized spacial score (nSPS) is 11.4. The molecular weight excluding hydrogens is 360 g/mol. The highest BCUT2D eigenvalue weighted by Crippen LogP contribution is 2.26. The molecule has 0 fully saturated rings. The van der Waals surface area contributed by atoms with Gasteiger partial charge in [0.25, 0.3) is 0 Å². The van der Waals surface area contributed by atoms with E-state index in [2.05, 4.69) is 4.72 Å². The molecule has 0 saturated carbocycles. The lowest BCUT2D eigenvalue weighted by molar-refractivity contribution is -0.116. The molecule has 0 unspecified atom stereocenters. The summed E-state index contributed by atoms with van der Waals surface area (Å²) in [6, 6.07) is 12.0. The summed E-state index contributed by atoms with van der Waals surface area (Å²) in [6.45, 7) is 5.40. The third-order valence-electron chi connectivity index (χ3n) is 3.84. The number of benzene rings is 2. The van der Waals surface area contributed by atoms with Crippen molar-refractivity contribution in [3.05, 3.63) is 58.6 Å². The largest absolute Gasteiger partial charge is 0.311 e. The fourth-order valence-electron chi connectivity index (χ4n) is 2.49. The van der Waals surface area contributed by atoms with Crippen LogP contribution in [0.3, 0.4) is 0 Å². The van der Waals surface area contributed by atoms with Crippen molar-refractivity contribution in [1.29, 1.82) is 0 Å². The van der Waals surface area contributed by atoms with E-state index < -0.39 is 10.0 Å². The van der Waals surface area contributed by atoms with Gasteiger partial charge in [0.15, 0.2) is 0 Å². The molecule has 134 valence electrons. The Morgan fingerprint density at radius 1 is 1.16 bits per heavy atom. The Labute approximate surface area is 153 Å². The van der Waals surface area contributed by atoms with Gasteiger partial charge in [0.05, 0.1) is 4.90 Å². The molecule has 0 radical (unpaired) electrons. The number of carbonyl (C=O) groups excluding carboxylic acids is 1. The van der Waals surface area contributed by atoms with Crippen LogP contribution >= 0.6 is 11.6 Å². The maximum Gasteiger partial charge on any atom is 0.240 e. The molecule has 2 aromatic rings. The average Bonchev–Trinajstić information content (AvgIpc) is 2.54. The van der Waals surface area contributed by atoms with Crippen LogP contribution in [0.5, 0.6) is 0 Å². The monoisotopic (exact) mass is 380 g/mol. The first kappa shape index (κ1) is 19.4. The molecule has 0 saturated heterocycles. The Bertz CT molecular complexity index is 882. The molecule has 0 bridgehead atoms. The van der Waals surface area contributed by atoms with Crippen LogP contribution in [-0.2, 0) is 14.8 Å². The minimum Gasteiger partial charge on any atom is -0.311 e. The number of anilines is 1. The number of aryl methyl sites for hydroxylation is 1. The lowest BCUT2D eigenvalue weighted by Gasteiger charge is -2.23. The van der Waals surface area contributed by atoms with Gasteiger partial charge in [0.1, 0.15) is 0 Å². The van der Waals surface area contributed by atoms with Crippen LogP contribution in [0.15, 0.2) is 47.4 Å². The summed E-state index contributed by atoms with van der Waals surface area (Å²) < 4.78 is 27.3. The number of nitrogens with zero attached hydrogens (tertiary/aromatic N) is 1. The predicted octanol–water partition coefficient (Wildman–Crippen LogP) is 3.29. The molecule has 1 N–H and O–H groups in total. The number of halogens is 1. The standard InChI is InChI=1S/C18H21ClN2O3S/c1-13-6-4-7-16(12-13)25(23,24)20-10-11-21(15(3)22)18-9-5-8-17(19)14(18)2/h4-9,12,20H,10-11H2,1-3H3. The second kappa shape index (κ2) is 7.99. The van der Waals surface area contributed by atoms with Crippen molar-refractivity contribution < 1.29 is 13.2 Å². The lowest BCUT2D eigenvalue weighted by Crippen LogP contribution is -2.38. The van der Waals surface area contributed by atoms with E-state index in [0.29, 0.717) is 10.7 Å². The Hall–Kier alpha value is -1.89. The van der Waals surface area contributed by atoms with Gasteiger partial charge < -0.3 is 4.90 Å². The van der Waals surface area contributed by atoms with Crippen molar-refractivity contribution >= 4 is 33.2 Å². The average molecular weight is 381 g/mol. The molecule has 25 heavy (non-hydrogen) atoms. The molecule has 0 spiro atoms. The molecule has 5 nitrogen and oxygen atoms in total. The van der Waals surface area contributed by atoms with E-state index >= 15 is 0 Å². The van der Waals surface area contributed by atoms with Crippen LogP contribution < -0.4 is 9.62 Å². The summed E-state index contributed by atoms with van der Waals surface area (Å²) in [7, 11) is -3.62. The number of sulfonamides is 1. The highest BCUT2D eigenvalue weighted by Gasteiger charge is 2.18. The second-order valence-corrected chi connectivity index (χ2v) is 7.94. The fourth-order valence-corrected chi connectivity index (χ4v) is 3.79. The number of hydrogen-bond donors (Lipinski definition) is 1. The Balaban J connectivity index is 2.12. The van der Waals surface area contributed by atoms with E-state index in [9.17, 15) is 13.2 Å². The Morgan fingerprint density at radius 2 is 1.84 bits per heavy atom. The zero-order chi connectivity index (χ0) is 18.6. The summed E-state index contributed by atoms with van der Waals surface area (Å²) in [6.07, 6.45) is 0. The molecule has 7 heteroatoms. The number of hydrogen-bond acceptors (Lipinski definition) is 3. The zero-order valence-corrected chi connectivity index (χ0v) is 16.0. The third kappa shape index (κ3) is 4.81. The van der Waals surface area contributed by atoms with E-state index in [0.717, 1.165) is 11.1 Å². The first-order valence-electron chi connectivity index (χ1n) is 7.82. The molecule has 0 aliphatic carbocycles. The number of nitrogens with one attached hydrogen (secondary N) is 1. The smallest absolute Gasteiger partial charge is 0.240 e. The van der Waals surface area contributed by atoms with Crippen LogP contribution in [0.1, 0.15) is 18.1 Å². The quantitative estimate of drug-likeness (QED) is 0.836. The molecule has 2 rings (SSSR count). The van der Waals surface area contributed by atoms with Crippen LogP contribution in [0.2, 0.25) is 5.02 Å². The van der Waals surface area contributed by atoms with E-state index in [1.807, 2.05) is 19.9 Å². The summed E-state index contributed by atoms with van der Waals surface area (Å²) in [4.78, 5) is 13.7. The van der Waals surface area contributed by atoms with Crippen LogP contribution in [0.4, 0.5) is 5.69 Å². The number of amides is 1. The van der Waals surface area contributed by atoms with Crippen LogP contribution in [-0.4, -0.2) is 27.4 Å². The molecule has 2 aromatic carbocycles. The molecular formula is C18H21ClN2O3S. The van der Waals surface area contributed by atoms with Gasteiger partial charge in [-0.05, 0) is 49.2 Å². The van der Waals surface area contributed by atoms with Gasteiger partial charge in [0, 0.05) is 30.7 Å². The predicted molar refractivity (Wildman–Crippen MR) is 101 cm³/mol. The minimum absolute atomic E-state index is 0.0990. The summed E-state index contributed by atoms with van der Waals surface area (Å²) >= 11 is 6.11. The van der Waals surface area contributed by atoms with Crippen molar-refractivity contribution in [2.45, 2.75) is 25.7 Å². The highest BCUT2D eigenvalue weighted by atomic mass is 35.5. The second-order valence-electron chi connectivity index (χ2n) is 5.77. The summed E-state index contributed by atoms with van der Waals surface area (Å²) in [5.41, 5.74) is 2.32. The van der Waals surface area contributed by atoms with E-state index in [1.165, 1.54) is 11.8 Å². The molecule has 0 aliphatic heterocycles. The minimum atomic E-state index is -3.62. The van der Waals surface area contributed by atoms with Crippen molar-refractivity contribution in [2.75, 3.05) is 18.0 Å². The van der Waals surface area contributed by atoms with E-state index in [-0.39, 0.29) is 23.9 Å². The highest BCUT2D eigenvalue weighted by molar-refractivity contribution is 7.89. The van der Waals surface area contributed by atoms with Gasteiger partial charge in [-0.2, -0.15) is 0 Å². The van der Waals surface area contributed by atoms with Crippen molar-refractivity contribution in [1.82, 2.24) is 4.72 Å². The maximum absolute atomic E-state index is 12.4. The van der Waals surface area contributed by atoms with Crippen molar-refractivity contribution in [3.63, 3.8) is 0 Å². The zero-order valence-electron chi connectivity index (χ0n) is 14.4. The molecule has 0 heterocycles. The Kier molecular flexibility index (Phi) is 6.21. The maximum atomic E-state index is 12.4. The van der Waals surface area contributed by atoms with Gasteiger partial charge in [-0.1, -0.05) is 29.8 Å². The van der Waals surface area contributed by atoms with Crippen LogP contribution in [0.25, 0.3) is 0 Å². The van der Waals surface area contributed by atoms with Crippen molar-refractivity contribution in [2.24, 2.45) is 0 Å². The number of rotatable bonds is 6. The van der Waals surface area contributed by atoms with Gasteiger partial charge in [-0.15, -0.1) is 0 Å². The summed E-state index contributed by atoms with van der Waals surface area (Å²) in [5.74, 6) is -0.180. The van der Waals surface area contributed by atoms with Gasteiger partial charge in [-0.25, -0.2) is 13.1 Å². The van der Waals surface area contributed by atoms with Crippen molar-refractivity contribution in [3.8, 4) is 0 Å². The topological polar surface area (TPSA) is 66.5 Å². The van der Waals surface area contributed by atoms with Gasteiger partial charge in [-0.3, -0.25) is 4.79 Å². The molecule has 0 aromatic heterocycles. The van der Waals surface area contributed by atoms with Gasteiger partial charge in [0.2, 0.25) is 15.9 Å². The Morgan fingerprint density at radius 3 is 2.48 bits per heavy atom. The van der Waals surface area contributed by atoms with Crippen LogP contribution in [0, 0.1) is 13.8 Å². The first-order valence-corrected chi connectivity index (χ1v) is 9.68. The first-order chi connectivity index (χ1) is 11.7. The molecule has 0 aliphatic rings. The SMILES string of the molecule is CC(=O)N(CCNS(=O)(=O)c1cccc(C)c1)c1cccc(Cl)c1C. The fraction of sp³-hybridized carbons (Fsp3) is 0.278. The third-order valence-corrected chi connectivity index (χ3v) is 5.71. The summed E-state index contributed by atoms with van der Waals surface area (Å²) in [5, 5.41) is 0.559.